The zero-order chi connectivity index (χ0) is 20.1. The summed E-state index contributed by atoms with van der Waals surface area (Å²) in [6.07, 6.45) is 7.38. The van der Waals surface area contributed by atoms with Gasteiger partial charge in [0.25, 0.3) is 0 Å². The SMILES string of the molecule is COC(=O)[C@H]1CC[C@H](Oc2ccc(N3CCN(c4ccncc4)CC3)cc2)CC1. The Morgan fingerprint density at radius 2 is 1.41 bits per heavy atom. The van der Waals surface area contributed by atoms with Crippen molar-refractivity contribution in [2.24, 2.45) is 5.92 Å². The Labute approximate surface area is 172 Å². The number of esters is 1. The van der Waals surface area contributed by atoms with E-state index in [4.69, 9.17) is 9.47 Å². The number of anilines is 2. The summed E-state index contributed by atoms with van der Waals surface area (Å²) in [5.74, 6) is 0.857. The average molecular weight is 396 g/mol. The van der Waals surface area contributed by atoms with E-state index in [1.807, 2.05) is 12.4 Å². The smallest absolute Gasteiger partial charge is 0.308 e. The lowest BCUT2D eigenvalue weighted by Gasteiger charge is -2.37. The van der Waals surface area contributed by atoms with Crippen LogP contribution in [0.5, 0.6) is 5.75 Å². The van der Waals surface area contributed by atoms with E-state index >= 15 is 0 Å². The summed E-state index contributed by atoms with van der Waals surface area (Å²) in [5.41, 5.74) is 2.48. The fourth-order valence-electron chi connectivity index (χ4n) is 4.29. The lowest BCUT2D eigenvalue weighted by Crippen LogP contribution is -2.46. The number of ether oxygens (including phenoxy) is 2. The second-order valence-corrected chi connectivity index (χ2v) is 7.79. The zero-order valence-electron chi connectivity index (χ0n) is 17.0. The second-order valence-electron chi connectivity index (χ2n) is 7.79. The number of benzene rings is 1. The standard InChI is InChI=1S/C23H29N3O3/c1-28-23(27)18-2-6-21(7-3-18)29-22-8-4-19(5-9-22)25-14-16-26(17-15-25)20-10-12-24-13-11-20/h4-5,8-13,18,21H,2-3,6-7,14-17H2,1H3/t18-,21-. The van der Waals surface area contributed by atoms with Gasteiger partial charge in [0.05, 0.1) is 19.1 Å². The molecule has 0 N–H and O–H groups in total. The van der Waals surface area contributed by atoms with Crippen LogP contribution < -0.4 is 14.5 Å². The van der Waals surface area contributed by atoms with Gasteiger partial charge in [-0.1, -0.05) is 0 Å². The molecule has 0 spiro atoms. The molecular weight excluding hydrogens is 366 g/mol. The Kier molecular flexibility index (Phi) is 6.17. The van der Waals surface area contributed by atoms with Crippen LogP contribution in [0.2, 0.25) is 0 Å². The Morgan fingerprint density at radius 3 is 1.97 bits per heavy atom. The molecule has 154 valence electrons. The van der Waals surface area contributed by atoms with Crippen LogP contribution in [0.25, 0.3) is 0 Å². The largest absolute Gasteiger partial charge is 0.490 e. The number of methoxy groups -OCH3 is 1. The molecule has 0 radical (unpaired) electrons. The van der Waals surface area contributed by atoms with Gasteiger partial charge in [-0.25, -0.2) is 0 Å². The molecule has 2 aromatic rings. The van der Waals surface area contributed by atoms with Gasteiger partial charge in [-0.05, 0) is 62.1 Å². The third-order valence-corrected chi connectivity index (χ3v) is 6.02. The fraction of sp³-hybridized carbons (Fsp3) is 0.478. The van der Waals surface area contributed by atoms with Crippen molar-refractivity contribution in [1.82, 2.24) is 4.98 Å². The molecular formula is C23H29N3O3. The number of hydrogen-bond acceptors (Lipinski definition) is 6. The number of carbonyl (C=O) groups is 1. The molecule has 1 aromatic carbocycles. The molecule has 1 aromatic heterocycles. The van der Waals surface area contributed by atoms with Gasteiger partial charge in [0.2, 0.25) is 0 Å². The summed E-state index contributed by atoms with van der Waals surface area (Å²) in [7, 11) is 1.46. The minimum Gasteiger partial charge on any atom is -0.490 e. The molecule has 1 aliphatic heterocycles. The number of piperazine rings is 1. The van der Waals surface area contributed by atoms with Crippen molar-refractivity contribution in [2.75, 3.05) is 43.1 Å². The van der Waals surface area contributed by atoms with Crippen LogP contribution in [0.15, 0.2) is 48.8 Å². The summed E-state index contributed by atoms with van der Waals surface area (Å²) in [5, 5.41) is 0. The van der Waals surface area contributed by atoms with E-state index in [2.05, 4.69) is 51.2 Å². The Hall–Kier alpha value is -2.76. The maximum Gasteiger partial charge on any atom is 0.308 e. The van der Waals surface area contributed by atoms with Crippen LogP contribution in [-0.2, 0) is 9.53 Å². The van der Waals surface area contributed by atoms with Gasteiger partial charge in [0.15, 0.2) is 0 Å². The third kappa shape index (κ3) is 4.81. The number of rotatable bonds is 5. The Bertz CT molecular complexity index is 781. The van der Waals surface area contributed by atoms with E-state index < -0.39 is 0 Å². The van der Waals surface area contributed by atoms with E-state index in [0.717, 1.165) is 57.6 Å². The van der Waals surface area contributed by atoms with Gasteiger partial charge < -0.3 is 19.3 Å². The monoisotopic (exact) mass is 395 g/mol. The molecule has 0 bridgehead atoms. The van der Waals surface area contributed by atoms with Crippen molar-refractivity contribution in [3.63, 3.8) is 0 Å². The van der Waals surface area contributed by atoms with E-state index in [-0.39, 0.29) is 18.0 Å². The highest BCUT2D eigenvalue weighted by atomic mass is 16.5. The number of aromatic nitrogens is 1. The highest BCUT2D eigenvalue weighted by molar-refractivity contribution is 5.72. The van der Waals surface area contributed by atoms with Crippen molar-refractivity contribution in [3.05, 3.63) is 48.8 Å². The highest BCUT2D eigenvalue weighted by Gasteiger charge is 2.28. The normalized spacial score (nSPS) is 22.2. The fourth-order valence-corrected chi connectivity index (χ4v) is 4.29. The molecule has 1 aliphatic carbocycles. The number of pyridine rings is 1. The van der Waals surface area contributed by atoms with E-state index in [9.17, 15) is 4.79 Å². The first-order chi connectivity index (χ1) is 14.2. The third-order valence-electron chi connectivity index (χ3n) is 6.02. The zero-order valence-corrected chi connectivity index (χ0v) is 17.0. The van der Waals surface area contributed by atoms with E-state index in [1.165, 1.54) is 18.5 Å². The Morgan fingerprint density at radius 1 is 0.862 bits per heavy atom. The molecule has 0 unspecified atom stereocenters. The molecule has 2 aliphatic rings. The molecule has 2 heterocycles. The van der Waals surface area contributed by atoms with Crippen molar-refractivity contribution in [2.45, 2.75) is 31.8 Å². The lowest BCUT2D eigenvalue weighted by atomic mass is 9.87. The number of hydrogen-bond donors (Lipinski definition) is 0. The summed E-state index contributed by atoms with van der Waals surface area (Å²) in [4.78, 5) is 20.6. The van der Waals surface area contributed by atoms with Gasteiger partial charge in [-0.2, -0.15) is 0 Å². The maximum atomic E-state index is 11.6. The molecule has 1 saturated carbocycles. The molecule has 0 atom stereocenters. The van der Waals surface area contributed by atoms with Crippen LogP contribution in [0.4, 0.5) is 11.4 Å². The molecule has 0 amide bonds. The van der Waals surface area contributed by atoms with Gasteiger partial charge in [-0.15, -0.1) is 0 Å². The molecule has 6 nitrogen and oxygen atoms in total. The minimum atomic E-state index is -0.0863. The first-order valence-electron chi connectivity index (χ1n) is 10.5. The van der Waals surface area contributed by atoms with Crippen molar-refractivity contribution < 1.29 is 14.3 Å². The van der Waals surface area contributed by atoms with E-state index in [0.29, 0.717) is 0 Å². The highest BCUT2D eigenvalue weighted by Crippen LogP contribution is 2.29. The van der Waals surface area contributed by atoms with Crippen LogP contribution in [0, 0.1) is 5.92 Å². The first-order valence-corrected chi connectivity index (χ1v) is 10.5. The predicted octanol–water partition coefficient (Wildman–Crippen LogP) is 3.52. The predicted molar refractivity (Wildman–Crippen MR) is 113 cm³/mol. The Balaban J connectivity index is 1.26. The van der Waals surface area contributed by atoms with Crippen LogP contribution in [0.1, 0.15) is 25.7 Å². The molecule has 29 heavy (non-hydrogen) atoms. The van der Waals surface area contributed by atoms with Gasteiger partial charge >= 0.3 is 5.97 Å². The summed E-state index contributed by atoms with van der Waals surface area (Å²) < 4.78 is 11.0. The van der Waals surface area contributed by atoms with Gasteiger partial charge in [-0.3, -0.25) is 9.78 Å². The van der Waals surface area contributed by atoms with Crippen molar-refractivity contribution in [1.29, 1.82) is 0 Å². The van der Waals surface area contributed by atoms with Crippen molar-refractivity contribution in [3.8, 4) is 5.75 Å². The molecule has 6 heteroatoms. The van der Waals surface area contributed by atoms with E-state index in [1.54, 1.807) is 0 Å². The summed E-state index contributed by atoms with van der Waals surface area (Å²) >= 11 is 0. The van der Waals surface area contributed by atoms with Crippen LogP contribution in [-0.4, -0.2) is 50.3 Å². The maximum absolute atomic E-state index is 11.6. The average Bonchev–Trinajstić information content (AvgIpc) is 2.80. The molecule has 2 fully saturated rings. The number of carbonyl (C=O) groups excluding carboxylic acids is 1. The molecule has 1 saturated heterocycles. The van der Waals surface area contributed by atoms with Crippen LogP contribution in [0.3, 0.4) is 0 Å². The van der Waals surface area contributed by atoms with Crippen LogP contribution >= 0.6 is 0 Å². The van der Waals surface area contributed by atoms with Gasteiger partial charge in [0, 0.05) is 49.9 Å². The first kappa shape index (κ1) is 19.6. The summed E-state index contributed by atoms with van der Waals surface area (Å²) in [6, 6.07) is 12.6. The van der Waals surface area contributed by atoms with Gasteiger partial charge in [0.1, 0.15) is 5.75 Å². The summed E-state index contributed by atoms with van der Waals surface area (Å²) in [6.45, 7) is 4.01. The lowest BCUT2D eigenvalue weighted by molar-refractivity contribution is -0.147. The quantitative estimate of drug-likeness (QED) is 0.722. The second kappa shape index (κ2) is 9.16. The minimum absolute atomic E-state index is 0.0352. The number of nitrogens with zero attached hydrogens (tertiary/aromatic N) is 3. The van der Waals surface area contributed by atoms with Crippen molar-refractivity contribution >= 4 is 17.3 Å². The topological polar surface area (TPSA) is 54.9 Å². The molecule has 4 rings (SSSR count).